The monoisotopic (exact) mass is 263 g/mol. The van der Waals surface area contributed by atoms with Gasteiger partial charge in [-0.05, 0) is 6.07 Å². The van der Waals surface area contributed by atoms with Gasteiger partial charge in [0.15, 0.2) is 5.69 Å². The number of aromatic nitrogens is 1. The Labute approximate surface area is 109 Å². The summed E-state index contributed by atoms with van der Waals surface area (Å²) in [5.41, 5.74) is 1.34. The molecule has 0 aliphatic carbocycles. The number of rotatable bonds is 3. The van der Waals surface area contributed by atoms with Gasteiger partial charge in [-0.1, -0.05) is 29.8 Å². The first-order valence-corrected chi connectivity index (χ1v) is 5.53. The molecule has 0 amide bonds. The summed E-state index contributed by atoms with van der Waals surface area (Å²) in [6.07, 6.45) is 1.45. The molecule has 0 fully saturated rings. The van der Waals surface area contributed by atoms with Crippen LogP contribution in [0.1, 0.15) is 10.5 Å². The van der Waals surface area contributed by atoms with E-state index in [0.29, 0.717) is 16.3 Å². The third kappa shape index (κ3) is 2.28. The number of carbonyl (C=O) groups is 1. The highest BCUT2D eigenvalue weighted by atomic mass is 35.5. The molecule has 0 atom stereocenters. The topological polar surface area (TPSA) is 59.4 Å². The highest BCUT2D eigenvalue weighted by Gasteiger charge is 2.13. The lowest BCUT2D eigenvalue weighted by atomic mass is 10.1. The number of hydrogen-bond donors (Lipinski definition) is 1. The van der Waals surface area contributed by atoms with Crippen molar-refractivity contribution in [2.45, 2.75) is 0 Å². The Morgan fingerprint density at radius 3 is 2.67 bits per heavy atom. The molecule has 0 saturated carbocycles. The summed E-state index contributed by atoms with van der Waals surface area (Å²) in [5, 5.41) is 9.43. The average molecular weight is 264 g/mol. The van der Waals surface area contributed by atoms with Gasteiger partial charge in [-0.3, -0.25) is 0 Å². The lowest BCUT2D eigenvalue weighted by Gasteiger charge is -2.10. The van der Waals surface area contributed by atoms with E-state index in [2.05, 4.69) is 4.98 Å². The van der Waals surface area contributed by atoms with Gasteiger partial charge in [-0.2, -0.15) is 0 Å². The number of carboxylic acid groups (broad SMARTS) is 1. The van der Waals surface area contributed by atoms with Crippen LogP contribution in [-0.2, 0) is 0 Å². The number of nitrogens with zero attached hydrogens (tertiary/aromatic N) is 1. The van der Waals surface area contributed by atoms with Crippen LogP contribution in [-0.4, -0.2) is 23.2 Å². The van der Waals surface area contributed by atoms with Gasteiger partial charge in [0.2, 0.25) is 0 Å². The highest BCUT2D eigenvalue weighted by Crippen LogP contribution is 2.34. The zero-order chi connectivity index (χ0) is 13.1. The smallest absolute Gasteiger partial charge is 0.354 e. The molecular weight excluding hydrogens is 254 g/mol. The number of methoxy groups -OCH3 is 1. The Balaban J connectivity index is 2.58. The summed E-state index contributed by atoms with van der Waals surface area (Å²) < 4.78 is 5.18. The summed E-state index contributed by atoms with van der Waals surface area (Å²) in [7, 11) is 1.47. The molecule has 0 radical (unpaired) electrons. The van der Waals surface area contributed by atoms with Crippen LogP contribution in [0.5, 0.6) is 5.75 Å². The third-order valence-electron chi connectivity index (χ3n) is 2.47. The summed E-state index contributed by atoms with van der Waals surface area (Å²) in [6, 6.07) is 8.61. The Hall–Kier alpha value is -2.07. The number of hydrogen-bond acceptors (Lipinski definition) is 3. The van der Waals surface area contributed by atoms with Crippen LogP contribution >= 0.6 is 11.6 Å². The van der Waals surface area contributed by atoms with Crippen LogP contribution in [0.2, 0.25) is 5.02 Å². The van der Waals surface area contributed by atoms with Crippen LogP contribution < -0.4 is 4.74 Å². The van der Waals surface area contributed by atoms with E-state index in [4.69, 9.17) is 21.4 Å². The van der Waals surface area contributed by atoms with Gasteiger partial charge in [0, 0.05) is 28.4 Å². The van der Waals surface area contributed by atoms with Crippen LogP contribution in [0.25, 0.3) is 11.1 Å². The minimum atomic E-state index is -1.10. The van der Waals surface area contributed by atoms with Crippen molar-refractivity contribution in [3.63, 3.8) is 0 Å². The number of aromatic carboxylic acids is 1. The van der Waals surface area contributed by atoms with Crippen molar-refractivity contribution in [1.82, 2.24) is 4.98 Å². The minimum absolute atomic E-state index is 0.0670. The van der Waals surface area contributed by atoms with E-state index < -0.39 is 5.97 Å². The third-order valence-corrected chi connectivity index (χ3v) is 2.80. The Kier molecular flexibility index (Phi) is 3.48. The van der Waals surface area contributed by atoms with E-state index in [9.17, 15) is 4.79 Å². The zero-order valence-electron chi connectivity index (χ0n) is 9.55. The first-order chi connectivity index (χ1) is 8.63. The zero-order valence-corrected chi connectivity index (χ0v) is 10.3. The Morgan fingerprint density at radius 2 is 2.06 bits per heavy atom. The van der Waals surface area contributed by atoms with Gasteiger partial charge in [0.1, 0.15) is 5.75 Å². The fourth-order valence-corrected chi connectivity index (χ4v) is 1.84. The first-order valence-electron chi connectivity index (χ1n) is 5.15. The largest absolute Gasteiger partial charge is 0.496 e. The number of pyridine rings is 1. The molecule has 0 spiro atoms. The minimum Gasteiger partial charge on any atom is -0.496 e. The fourth-order valence-electron chi connectivity index (χ4n) is 1.60. The number of ether oxygens (including phenoxy) is 1. The van der Waals surface area contributed by atoms with Crippen molar-refractivity contribution >= 4 is 17.6 Å². The molecule has 1 N–H and O–H groups in total. The molecule has 1 heterocycles. The van der Waals surface area contributed by atoms with Crippen molar-refractivity contribution in [3.8, 4) is 16.9 Å². The molecule has 18 heavy (non-hydrogen) atoms. The number of carboxylic acids is 1. The van der Waals surface area contributed by atoms with Crippen molar-refractivity contribution < 1.29 is 14.6 Å². The standard InChI is InChI=1S/C13H10ClNO3/c1-18-12-6-11(13(16)17)15-7-9(12)8-4-2-3-5-10(8)14/h2-7H,1H3,(H,16,17). The van der Waals surface area contributed by atoms with Gasteiger partial charge < -0.3 is 9.84 Å². The number of benzene rings is 1. The molecule has 2 aromatic rings. The van der Waals surface area contributed by atoms with Crippen LogP contribution in [0, 0.1) is 0 Å². The molecule has 0 bridgehead atoms. The number of halogens is 1. The van der Waals surface area contributed by atoms with E-state index in [1.807, 2.05) is 18.2 Å². The summed E-state index contributed by atoms with van der Waals surface area (Å²) in [5.74, 6) is -0.672. The maximum atomic E-state index is 10.8. The molecular formula is C13H10ClNO3. The predicted molar refractivity (Wildman–Crippen MR) is 68.2 cm³/mol. The highest BCUT2D eigenvalue weighted by molar-refractivity contribution is 6.33. The second kappa shape index (κ2) is 5.06. The predicted octanol–water partition coefficient (Wildman–Crippen LogP) is 3.11. The van der Waals surface area contributed by atoms with Crippen molar-refractivity contribution in [1.29, 1.82) is 0 Å². The lowest BCUT2D eigenvalue weighted by Crippen LogP contribution is -2.01. The van der Waals surface area contributed by atoms with Crippen LogP contribution in [0.3, 0.4) is 0 Å². The maximum Gasteiger partial charge on any atom is 0.354 e. The second-order valence-electron chi connectivity index (χ2n) is 3.55. The van der Waals surface area contributed by atoms with Crippen molar-refractivity contribution in [2.75, 3.05) is 7.11 Å². The van der Waals surface area contributed by atoms with E-state index in [-0.39, 0.29) is 5.69 Å². The van der Waals surface area contributed by atoms with Crippen molar-refractivity contribution in [3.05, 3.63) is 47.2 Å². The van der Waals surface area contributed by atoms with E-state index in [0.717, 1.165) is 5.56 Å². The Bertz CT molecular complexity index is 599. The summed E-state index contributed by atoms with van der Waals surface area (Å²) >= 11 is 6.09. The molecule has 1 aromatic carbocycles. The molecule has 1 aromatic heterocycles. The second-order valence-corrected chi connectivity index (χ2v) is 3.96. The quantitative estimate of drug-likeness (QED) is 0.924. The van der Waals surface area contributed by atoms with E-state index in [1.54, 1.807) is 6.07 Å². The molecule has 0 saturated heterocycles. The van der Waals surface area contributed by atoms with Crippen molar-refractivity contribution in [2.24, 2.45) is 0 Å². The molecule has 0 aliphatic heterocycles. The van der Waals surface area contributed by atoms with Crippen LogP contribution in [0.4, 0.5) is 0 Å². The van der Waals surface area contributed by atoms with Gasteiger partial charge in [-0.25, -0.2) is 9.78 Å². The summed E-state index contributed by atoms with van der Waals surface area (Å²) in [4.78, 5) is 14.7. The van der Waals surface area contributed by atoms with Gasteiger partial charge in [0.25, 0.3) is 0 Å². The molecule has 92 valence electrons. The maximum absolute atomic E-state index is 10.8. The van der Waals surface area contributed by atoms with Gasteiger partial charge in [0.05, 0.1) is 7.11 Å². The average Bonchev–Trinajstić information content (AvgIpc) is 2.38. The lowest BCUT2D eigenvalue weighted by molar-refractivity contribution is 0.0690. The summed E-state index contributed by atoms with van der Waals surface area (Å²) in [6.45, 7) is 0. The van der Waals surface area contributed by atoms with E-state index in [1.165, 1.54) is 19.4 Å². The normalized spacial score (nSPS) is 10.1. The van der Waals surface area contributed by atoms with Crippen LogP contribution in [0.15, 0.2) is 36.5 Å². The Morgan fingerprint density at radius 1 is 1.33 bits per heavy atom. The SMILES string of the molecule is COc1cc(C(=O)O)ncc1-c1ccccc1Cl. The van der Waals surface area contributed by atoms with Gasteiger partial charge in [-0.15, -0.1) is 0 Å². The first kappa shape index (κ1) is 12.4. The molecule has 5 heteroatoms. The van der Waals surface area contributed by atoms with Gasteiger partial charge >= 0.3 is 5.97 Å². The molecule has 0 aliphatic rings. The fraction of sp³-hybridized carbons (Fsp3) is 0.0769. The molecule has 0 unspecified atom stereocenters. The molecule has 2 rings (SSSR count). The molecule has 4 nitrogen and oxygen atoms in total. The van der Waals surface area contributed by atoms with E-state index >= 15 is 0 Å².